The van der Waals surface area contributed by atoms with Gasteiger partial charge in [0, 0.05) is 6.61 Å². The lowest BCUT2D eigenvalue weighted by molar-refractivity contribution is -0.145. The summed E-state index contributed by atoms with van der Waals surface area (Å²) in [6.07, 6.45) is 7.58. The molecule has 1 saturated carbocycles. The summed E-state index contributed by atoms with van der Waals surface area (Å²) in [5.41, 5.74) is 0. The molecule has 0 aromatic heterocycles. The Morgan fingerprint density at radius 1 is 1.39 bits per heavy atom. The van der Waals surface area contributed by atoms with E-state index in [1.54, 1.807) is 0 Å². The first-order chi connectivity index (χ1) is 8.65. The highest BCUT2D eigenvalue weighted by atomic mass is 16.5. The summed E-state index contributed by atoms with van der Waals surface area (Å²) in [7, 11) is 0. The lowest BCUT2D eigenvalue weighted by atomic mass is 10.0. The number of hydrogen-bond donors (Lipinski definition) is 1. The minimum Gasteiger partial charge on any atom is -0.466 e. The first kappa shape index (κ1) is 15.5. The van der Waals surface area contributed by atoms with E-state index in [2.05, 4.69) is 6.92 Å². The highest BCUT2D eigenvalue weighted by Crippen LogP contribution is 2.34. The topological polar surface area (TPSA) is 46.5 Å². The van der Waals surface area contributed by atoms with Crippen LogP contribution in [0.3, 0.4) is 0 Å². The van der Waals surface area contributed by atoms with Crippen LogP contribution in [0.2, 0.25) is 0 Å². The molecule has 1 fully saturated rings. The Labute approximate surface area is 111 Å². The minimum atomic E-state index is -0.162. The molecule has 0 saturated heterocycles. The average Bonchev–Trinajstić information content (AvgIpc) is 3.17. The van der Waals surface area contributed by atoms with E-state index in [1.807, 2.05) is 6.92 Å². The Balaban J connectivity index is 1.99. The van der Waals surface area contributed by atoms with Crippen molar-refractivity contribution in [2.45, 2.75) is 58.8 Å². The first-order valence-electron chi connectivity index (χ1n) is 7.42. The monoisotopic (exact) mass is 256 g/mol. The number of esters is 1. The maximum atomic E-state index is 11.5. The van der Waals surface area contributed by atoms with Gasteiger partial charge in [-0.25, -0.2) is 0 Å². The second-order valence-corrected chi connectivity index (χ2v) is 5.80. The van der Waals surface area contributed by atoms with Gasteiger partial charge in [-0.05, 0) is 24.2 Å². The molecule has 1 rings (SSSR count). The molecule has 3 nitrogen and oxygen atoms in total. The molecule has 0 bridgehead atoms. The van der Waals surface area contributed by atoms with Crippen LogP contribution >= 0.6 is 0 Å². The van der Waals surface area contributed by atoms with Gasteiger partial charge in [-0.2, -0.15) is 0 Å². The zero-order valence-corrected chi connectivity index (χ0v) is 11.9. The first-order valence-corrected chi connectivity index (χ1v) is 7.42. The quantitative estimate of drug-likeness (QED) is 0.611. The van der Waals surface area contributed by atoms with Gasteiger partial charge in [0.2, 0.25) is 0 Å². The molecule has 106 valence electrons. The number of carbonyl (C=O) groups excluding carboxylic acids is 1. The Hall–Kier alpha value is -0.570. The van der Waals surface area contributed by atoms with Gasteiger partial charge in [0.05, 0.1) is 13.0 Å². The van der Waals surface area contributed by atoms with Crippen LogP contribution in [0.5, 0.6) is 0 Å². The summed E-state index contributed by atoms with van der Waals surface area (Å²) in [5.74, 6) is 1.54. The van der Waals surface area contributed by atoms with E-state index in [0.717, 1.165) is 18.8 Å². The molecule has 0 radical (unpaired) electrons. The van der Waals surface area contributed by atoms with Crippen LogP contribution < -0.4 is 0 Å². The van der Waals surface area contributed by atoms with Crippen LogP contribution in [-0.4, -0.2) is 24.3 Å². The van der Waals surface area contributed by atoms with Crippen molar-refractivity contribution in [1.82, 2.24) is 0 Å². The highest BCUT2D eigenvalue weighted by Gasteiger charge is 2.21. The molecule has 0 amide bonds. The Morgan fingerprint density at radius 3 is 2.67 bits per heavy atom. The van der Waals surface area contributed by atoms with Crippen molar-refractivity contribution in [3.8, 4) is 0 Å². The Kier molecular flexibility index (Phi) is 7.33. The van der Waals surface area contributed by atoms with E-state index in [1.165, 1.54) is 25.7 Å². The van der Waals surface area contributed by atoms with E-state index in [9.17, 15) is 4.79 Å². The van der Waals surface area contributed by atoms with Gasteiger partial charge in [0.25, 0.3) is 0 Å². The summed E-state index contributed by atoms with van der Waals surface area (Å²) < 4.78 is 5.22. The lowest BCUT2D eigenvalue weighted by Crippen LogP contribution is -2.15. The van der Waals surface area contributed by atoms with Crippen LogP contribution in [0.15, 0.2) is 0 Å². The van der Waals surface area contributed by atoms with Crippen molar-refractivity contribution in [3.63, 3.8) is 0 Å². The molecule has 0 spiro atoms. The number of aliphatic hydroxyl groups is 1. The fourth-order valence-electron chi connectivity index (χ4n) is 2.08. The molecule has 0 aromatic rings. The van der Waals surface area contributed by atoms with E-state index < -0.39 is 0 Å². The van der Waals surface area contributed by atoms with Crippen LogP contribution in [0, 0.1) is 17.8 Å². The number of carbonyl (C=O) groups is 1. The Morgan fingerprint density at radius 2 is 2.11 bits per heavy atom. The second-order valence-electron chi connectivity index (χ2n) is 5.80. The average molecular weight is 256 g/mol. The van der Waals surface area contributed by atoms with Crippen molar-refractivity contribution in [2.75, 3.05) is 13.2 Å². The van der Waals surface area contributed by atoms with Gasteiger partial charge >= 0.3 is 5.97 Å². The predicted molar refractivity (Wildman–Crippen MR) is 72.2 cm³/mol. The van der Waals surface area contributed by atoms with Gasteiger partial charge < -0.3 is 9.84 Å². The van der Waals surface area contributed by atoms with Gasteiger partial charge in [0.15, 0.2) is 0 Å². The third-order valence-electron chi connectivity index (χ3n) is 3.93. The molecule has 0 aromatic carbocycles. The molecule has 1 N–H and O–H groups in total. The second kappa shape index (κ2) is 8.52. The number of ether oxygens (including phenoxy) is 1. The summed E-state index contributed by atoms with van der Waals surface area (Å²) in [5, 5.41) is 9.01. The predicted octanol–water partition coefficient (Wildman–Crippen LogP) is 3.15. The van der Waals surface area contributed by atoms with Crippen molar-refractivity contribution in [2.24, 2.45) is 17.8 Å². The molecule has 1 aliphatic carbocycles. The molecule has 1 aliphatic rings. The fraction of sp³-hybridized carbons (Fsp3) is 0.933. The summed E-state index contributed by atoms with van der Waals surface area (Å²) in [6, 6.07) is 0. The van der Waals surface area contributed by atoms with E-state index >= 15 is 0 Å². The number of rotatable bonds is 10. The number of hydrogen-bond acceptors (Lipinski definition) is 3. The smallest absolute Gasteiger partial charge is 0.306 e. The largest absolute Gasteiger partial charge is 0.466 e. The fourth-order valence-corrected chi connectivity index (χ4v) is 2.08. The molecule has 18 heavy (non-hydrogen) atoms. The minimum absolute atomic E-state index is 0.0600. The lowest BCUT2D eigenvalue weighted by Gasteiger charge is -2.13. The maximum Gasteiger partial charge on any atom is 0.306 e. The SMILES string of the molecule is CCC(CO)CC(=O)OCCC(C)CCC1CC1. The zero-order valence-electron chi connectivity index (χ0n) is 11.9. The van der Waals surface area contributed by atoms with Crippen molar-refractivity contribution in [3.05, 3.63) is 0 Å². The molecule has 0 aliphatic heterocycles. The normalized spacial score (nSPS) is 18.4. The van der Waals surface area contributed by atoms with Gasteiger partial charge in [0.1, 0.15) is 0 Å². The van der Waals surface area contributed by atoms with Crippen LogP contribution in [0.25, 0.3) is 0 Å². The summed E-state index contributed by atoms with van der Waals surface area (Å²) in [4.78, 5) is 11.5. The van der Waals surface area contributed by atoms with E-state index in [4.69, 9.17) is 9.84 Å². The molecular formula is C15H28O3. The van der Waals surface area contributed by atoms with Gasteiger partial charge in [-0.3, -0.25) is 4.79 Å². The van der Waals surface area contributed by atoms with Crippen LogP contribution in [0.1, 0.15) is 58.8 Å². The highest BCUT2D eigenvalue weighted by molar-refractivity contribution is 5.69. The van der Waals surface area contributed by atoms with Gasteiger partial charge in [-0.15, -0.1) is 0 Å². The van der Waals surface area contributed by atoms with Crippen LogP contribution in [-0.2, 0) is 9.53 Å². The summed E-state index contributed by atoms with van der Waals surface area (Å²) in [6.45, 7) is 4.82. The number of aliphatic hydroxyl groups excluding tert-OH is 1. The van der Waals surface area contributed by atoms with Crippen molar-refractivity contribution < 1.29 is 14.6 Å². The van der Waals surface area contributed by atoms with E-state index in [0.29, 0.717) is 18.9 Å². The summed E-state index contributed by atoms with van der Waals surface area (Å²) >= 11 is 0. The Bertz CT molecular complexity index is 232. The van der Waals surface area contributed by atoms with Crippen LogP contribution in [0.4, 0.5) is 0 Å². The molecule has 0 heterocycles. The maximum absolute atomic E-state index is 11.5. The van der Waals surface area contributed by atoms with Crippen molar-refractivity contribution in [1.29, 1.82) is 0 Å². The molecule has 2 unspecified atom stereocenters. The zero-order chi connectivity index (χ0) is 13.4. The van der Waals surface area contributed by atoms with Gasteiger partial charge in [-0.1, -0.05) is 46.0 Å². The third-order valence-corrected chi connectivity index (χ3v) is 3.93. The standard InChI is InChI=1S/C15H28O3/c1-3-13(11-16)10-15(17)18-9-8-12(2)4-5-14-6-7-14/h12-14,16H,3-11H2,1-2H3. The third kappa shape index (κ3) is 7.00. The molecular weight excluding hydrogens is 228 g/mol. The molecule has 3 heteroatoms. The van der Waals surface area contributed by atoms with E-state index in [-0.39, 0.29) is 18.5 Å². The van der Waals surface area contributed by atoms with Crippen molar-refractivity contribution >= 4 is 5.97 Å². The molecule has 2 atom stereocenters.